The van der Waals surface area contributed by atoms with Crippen LogP contribution in [0.15, 0.2) is 30.5 Å². The Balaban J connectivity index is 1.07. The first-order valence-corrected chi connectivity index (χ1v) is 16.4. The number of hydrogen-bond donors (Lipinski definition) is 5. The second-order valence-electron chi connectivity index (χ2n) is 15.0. The number of amides is 1. The van der Waals surface area contributed by atoms with E-state index < -0.39 is 12.0 Å². The first-order valence-electron chi connectivity index (χ1n) is 16.4. The van der Waals surface area contributed by atoms with E-state index in [-0.39, 0.29) is 41.3 Å². The number of carboxylic acid groups (broad SMARTS) is 1. The zero-order valence-electron chi connectivity index (χ0n) is 25.5. The number of para-hydroxylation sites is 1. The van der Waals surface area contributed by atoms with E-state index in [9.17, 15) is 24.9 Å². The smallest absolute Gasteiger partial charge is 0.326 e. The second-order valence-corrected chi connectivity index (χ2v) is 15.0. The molecule has 7 heteroatoms. The number of rotatable bonds is 8. The summed E-state index contributed by atoms with van der Waals surface area (Å²) < 4.78 is 0. The summed E-state index contributed by atoms with van der Waals surface area (Å²) in [6, 6.07) is 6.85. The lowest BCUT2D eigenvalue weighted by Gasteiger charge is -2.62. The van der Waals surface area contributed by atoms with Crippen LogP contribution in [0, 0.1) is 46.3 Å². The third kappa shape index (κ3) is 5.08. The summed E-state index contributed by atoms with van der Waals surface area (Å²) in [7, 11) is 0. The highest BCUT2D eigenvalue weighted by molar-refractivity contribution is 5.86. The maximum Gasteiger partial charge on any atom is 0.326 e. The zero-order chi connectivity index (χ0) is 29.8. The van der Waals surface area contributed by atoms with Gasteiger partial charge in [0, 0.05) is 29.9 Å². The molecule has 6 rings (SSSR count). The summed E-state index contributed by atoms with van der Waals surface area (Å²) >= 11 is 0. The monoisotopic (exact) mass is 578 g/mol. The third-order valence-electron chi connectivity index (χ3n) is 13.0. The standard InChI is InChI=1S/C35H50N2O5/c1-20(8-11-32(40)37-30(33(41)42)16-21-19-36-29-7-5-4-6-23(21)29)25-9-10-26-24-18-31(39)28-17-22(38)12-14-35(28,3)27(24)13-15-34(25,26)2/h4-7,19-20,22,24-28,30-31,36,38-39H,8-18H2,1-3H3,(H,37,40)(H,41,42)/t20-,22-,24+,25-,26+,27+,28+,30+,31+,34-,35-/m1/s1. The van der Waals surface area contributed by atoms with Crippen molar-refractivity contribution >= 4 is 22.8 Å². The Morgan fingerprint density at radius 3 is 2.52 bits per heavy atom. The third-order valence-corrected chi connectivity index (χ3v) is 13.0. The Bertz CT molecular complexity index is 1310. The minimum absolute atomic E-state index is 0.123. The van der Waals surface area contributed by atoms with Gasteiger partial charge in [0.1, 0.15) is 6.04 Å². The van der Waals surface area contributed by atoms with Gasteiger partial charge in [-0.2, -0.15) is 0 Å². The van der Waals surface area contributed by atoms with Gasteiger partial charge in [-0.3, -0.25) is 4.79 Å². The van der Waals surface area contributed by atoms with Crippen LogP contribution >= 0.6 is 0 Å². The van der Waals surface area contributed by atoms with E-state index in [1.54, 1.807) is 0 Å². The molecule has 2 aromatic rings. The number of H-pyrrole nitrogens is 1. The van der Waals surface area contributed by atoms with Crippen molar-refractivity contribution in [1.82, 2.24) is 10.3 Å². The van der Waals surface area contributed by atoms with Crippen molar-refractivity contribution in [2.75, 3.05) is 0 Å². The van der Waals surface area contributed by atoms with Gasteiger partial charge in [-0.15, -0.1) is 0 Å². The summed E-state index contributed by atoms with van der Waals surface area (Å²) in [6.07, 6.45) is 10.8. The molecule has 0 spiro atoms. The number of aromatic nitrogens is 1. The van der Waals surface area contributed by atoms with Gasteiger partial charge in [-0.1, -0.05) is 39.0 Å². The minimum Gasteiger partial charge on any atom is -0.480 e. The molecule has 0 bridgehead atoms. The number of aromatic amines is 1. The van der Waals surface area contributed by atoms with Crippen LogP contribution in [0.1, 0.15) is 90.5 Å². The van der Waals surface area contributed by atoms with Crippen LogP contribution in [0.5, 0.6) is 0 Å². The number of aliphatic carboxylic acids is 1. The molecule has 1 aromatic carbocycles. The molecule has 0 radical (unpaired) electrons. The topological polar surface area (TPSA) is 123 Å². The molecule has 4 saturated carbocycles. The Labute approximate surface area is 249 Å². The van der Waals surface area contributed by atoms with Crippen molar-refractivity contribution < 1.29 is 24.9 Å². The first-order chi connectivity index (χ1) is 20.0. The largest absolute Gasteiger partial charge is 0.480 e. The molecule has 0 aliphatic heterocycles. The van der Waals surface area contributed by atoms with Crippen LogP contribution in [0.2, 0.25) is 0 Å². The van der Waals surface area contributed by atoms with Gasteiger partial charge in [0.05, 0.1) is 12.2 Å². The van der Waals surface area contributed by atoms with Gasteiger partial charge in [0.25, 0.3) is 0 Å². The molecule has 1 aromatic heterocycles. The van der Waals surface area contributed by atoms with E-state index in [2.05, 4.69) is 31.1 Å². The molecule has 5 N–H and O–H groups in total. The minimum atomic E-state index is -1.01. The molecule has 0 unspecified atom stereocenters. The number of benzene rings is 1. The maximum atomic E-state index is 13.0. The maximum absolute atomic E-state index is 13.0. The molecule has 11 atom stereocenters. The lowest BCUT2D eigenvalue weighted by molar-refractivity contribution is -0.172. The van der Waals surface area contributed by atoms with Crippen LogP contribution < -0.4 is 5.32 Å². The number of nitrogens with one attached hydrogen (secondary N) is 2. The van der Waals surface area contributed by atoms with E-state index in [4.69, 9.17) is 0 Å². The Hall–Kier alpha value is -2.38. The van der Waals surface area contributed by atoms with Crippen LogP contribution in [0.4, 0.5) is 0 Å². The van der Waals surface area contributed by atoms with Crippen LogP contribution in [-0.4, -0.2) is 50.4 Å². The summed E-state index contributed by atoms with van der Waals surface area (Å²) in [5.74, 6) is 1.69. The van der Waals surface area contributed by atoms with Gasteiger partial charge >= 0.3 is 5.97 Å². The summed E-state index contributed by atoms with van der Waals surface area (Å²) in [4.78, 5) is 28.3. The number of aliphatic hydroxyl groups is 2. The summed E-state index contributed by atoms with van der Waals surface area (Å²) in [6.45, 7) is 7.17. The first kappa shape index (κ1) is 29.7. The molecule has 1 heterocycles. The number of aliphatic hydroxyl groups excluding tert-OH is 2. The highest BCUT2D eigenvalue weighted by Gasteiger charge is 2.62. The fourth-order valence-corrected chi connectivity index (χ4v) is 10.8. The number of carbonyl (C=O) groups excluding carboxylic acids is 1. The van der Waals surface area contributed by atoms with Crippen molar-refractivity contribution in [1.29, 1.82) is 0 Å². The molecular formula is C35H50N2O5. The lowest BCUT2D eigenvalue weighted by atomic mass is 9.44. The molecule has 4 aliphatic carbocycles. The molecule has 0 saturated heterocycles. The van der Waals surface area contributed by atoms with Crippen LogP contribution in [0.25, 0.3) is 10.9 Å². The molecule has 4 aliphatic rings. The molecular weight excluding hydrogens is 528 g/mol. The summed E-state index contributed by atoms with van der Waals surface area (Å²) in [5, 5.41) is 35.3. The quantitative estimate of drug-likeness (QED) is 0.276. The SMILES string of the molecule is C[C@H](CCC(=O)N[C@@H](Cc1c[nH]c2ccccc12)C(=O)O)[C@H]1CC[C@H]2[C@@H]3C[C@H](O)[C@@H]4C[C@H](O)CC[C@]4(C)[C@H]3CC[C@]12C. The fourth-order valence-electron chi connectivity index (χ4n) is 10.8. The molecule has 7 nitrogen and oxygen atoms in total. The van der Waals surface area contributed by atoms with Crippen molar-refractivity contribution in [3.05, 3.63) is 36.0 Å². The van der Waals surface area contributed by atoms with Crippen LogP contribution in [0.3, 0.4) is 0 Å². The predicted molar refractivity (Wildman–Crippen MR) is 163 cm³/mol. The van der Waals surface area contributed by atoms with E-state index in [0.717, 1.165) is 48.6 Å². The molecule has 1 amide bonds. The van der Waals surface area contributed by atoms with Crippen molar-refractivity contribution in [2.45, 2.75) is 110 Å². The van der Waals surface area contributed by atoms with Crippen molar-refractivity contribution in [3.8, 4) is 0 Å². The van der Waals surface area contributed by atoms with Gasteiger partial charge < -0.3 is 25.6 Å². The number of carbonyl (C=O) groups is 2. The van der Waals surface area contributed by atoms with E-state index in [1.807, 2.05) is 30.5 Å². The second kappa shape index (κ2) is 11.3. The zero-order valence-corrected chi connectivity index (χ0v) is 25.5. The van der Waals surface area contributed by atoms with E-state index >= 15 is 0 Å². The Morgan fingerprint density at radius 2 is 1.74 bits per heavy atom. The van der Waals surface area contributed by atoms with Crippen molar-refractivity contribution in [2.24, 2.45) is 46.3 Å². The highest BCUT2D eigenvalue weighted by atomic mass is 16.4. The Kier molecular flexibility index (Phi) is 7.97. The number of hydrogen-bond acceptors (Lipinski definition) is 4. The average Bonchev–Trinajstić information content (AvgIpc) is 3.53. The van der Waals surface area contributed by atoms with Gasteiger partial charge in [0.2, 0.25) is 5.91 Å². The normalized spacial score (nSPS) is 39.1. The number of carboxylic acids is 1. The van der Waals surface area contributed by atoms with Crippen LogP contribution in [-0.2, 0) is 16.0 Å². The molecule has 230 valence electrons. The van der Waals surface area contributed by atoms with Crippen molar-refractivity contribution in [3.63, 3.8) is 0 Å². The highest BCUT2D eigenvalue weighted by Crippen LogP contribution is 2.68. The fraction of sp³-hybridized carbons (Fsp3) is 0.714. The average molecular weight is 579 g/mol. The van der Waals surface area contributed by atoms with E-state index in [1.165, 1.54) is 25.7 Å². The summed E-state index contributed by atoms with van der Waals surface area (Å²) in [5.41, 5.74) is 2.19. The number of fused-ring (bicyclic) bond motifs is 6. The molecule has 4 fully saturated rings. The van der Waals surface area contributed by atoms with Gasteiger partial charge in [-0.25, -0.2) is 4.79 Å². The molecule has 42 heavy (non-hydrogen) atoms. The predicted octanol–water partition coefficient (Wildman–Crippen LogP) is 5.69. The lowest BCUT2D eigenvalue weighted by Crippen LogP contribution is -2.58. The van der Waals surface area contributed by atoms with E-state index in [0.29, 0.717) is 36.0 Å². The van der Waals surface area contributed by atoms with Gasteiger partial charge in [0.15, 0.2) is 0 Å². The van der Waals surface area contributed by atoms with Gasteiger partial charge in [-0.05, 0) is 116 Å². The Morgan fingerprint density at radius 1 is 1.00 bits per heavy atom.